The summed E-state index contributed by atoms with van der Waals surface area (Å²) in [5.41, 5.74) is 0.697. The zero-order valence-corrected chi connectivity index (χ0v) is 12.3. The lowest BCUT2D eigenvalue weighted by Crippen LogP contribution is -2.38. The van der Waals surface area contributed by atoms with E-state index in [4.69, 9.17) is 5.11 Å². The van der Waals surface area contributed by atoms with Gasteiger partial charge in [0.15, 0.2) is 0 Å². The molecular formula is C13H20N2O4S. The molecule has 112 valence electrons. The summed E-state index contributed by atoms with van der Waals surface area (Å²) in [5, 5.41) is 8.77. The molecule has 0 aromatic carbocycles. The molecule has 1 aromatic rings. The number of rotatable bonds is 9. The fourth-order valence-electron chi connectivity index (χ4n) is 1.86. The predicted molar refractivity (Wildman–Crippen MR) is 75.8 cm³/mol. The van der Waals surface area contributed by atoms with Crippen LogP contribution in [0.25, 0.3) is 0 Å². The van der Waals surface area contributed by atoms with Crippen molar-refractivity contribution < 1.29 is 18.3 Å². The van der Waals surface area contributed by atoms with E-state index in [1.54, 1.807) is 24.4 Å². The zero-order chi connectivity index (χ0) is 15.0. The fourth-order valence-corrected chi connectivity index (χ4v) is 3.16. The Morgan fingerprint density at radius 3 is 2.75 bits per heavy atom. The third kappa shape index (κ3) is 6.63. The van der Waals surface area contributed by atoms with E-state index in [0.717, 1.165) is 6.42 Å². The van der Waals surface area contributed by atoms with E-state index < -0.39 is 22.0 Å². The number of nitrogens with zero attached hydrogens (tertiary/aromatic N) is 1. The average Bonchev–Trinajstić information content (AvgIpc) is 2.37. The first-order valence-corrected chi connectivity index (χ1v) is 8.20. The molecule has 0 aliphatic carbocycles. The van der Waals surface area contributed by atoms with Crippen LogP contribution in [-0.4, -0.2) is 36.3 Å². The molecular weight excluding hydrogens is 280 g/mol. The van der Waals surface area contributed by atoms with Crippen molar-refractivity contribution >= 4 is 16.0 Å². The van der Waals surface area contributed by atoms with Crippen LogP contribution >= 0.6 is 0 Å². The van der Waals surface area contributed by atoms with E-state index >= 15 is 0 Å². The summed E-state index contributed by atoms with van der Waals surface area (Å²) in [5.74, 6) is -1.10. The molecule has 0 radical (unpaired) electrons. The molecule has 0 spiro atoms. The number of aryl methyl sites for hydroxylation is 1. The van der Waals surface area contributed by atoms with Gasteiger partial charge in [-0.1, -0.05) is 19.4 Å². The van der Waals surface area contributed by atoms with Crippen LogP contribution in [0, 0.1) is 0 Å². The van der Waals surface area contributed by atoms with Gasteiger partial charge in [-0.05, 0) is 18.6 Å². The monoisotopic (exact) mass is 300 g/mol. The maximum atomic E-state index is 11.9. The van der Waals surface area contributed by atoms with Gasteiger partial charge in [-0.25, -0.2) is 13.1 Å². The van der Waals surface area contributed by atoms with Crippen LogP contribution in [0.2, 0.25) is 0 Å². The third-order valence-electron chi connectivity index (χ3n) is 2.76. The smallest absolute Gasteiger partial charge is 0.304 e. The largest absolute Gasteiger partial charge is 0.481 e. The molecule has 0 amide bonds. The maximum absolute atomic E-state index is 11.9. The second-order valence-electron chi connectivity index (χ2n) is 4.59. The van der Waals surface area contributed by atoms with E-state index in [2.05, 4.69) is 9.71 Å². The molecule has 0 fully saturated rings. The van der Waals surface area contributed by atoms with Crippen LogP contribution in [-0.2, 0) is 21.2 Å². The van der Waals surface area contributed by atoms with Gasteiger partial charge < -0.3 is 5.11 Å². The van der Waals surface area contributed by atoms with Crippen molar-refractivity contribution in [1.29, 1.82) is 0 Å². The quantitative estimate of drug-likeness (QED) is 0.714. The number of carboxylic acid groups (broad SMARTS) is 1. The van der Waals surface area contributed by atoms with Crippen molar-refractivity contribution in [2.45, 2.75) is 38.6 Å². The van der Waals surface area contributed by atoms with Crippen molar-refractivity contribution in [3.05, 3.63) is 30.1 Å². The number of aromatic nitrogens is 1. The number of carbonyl (C=O) groups is 1. The van der Waals surface area contributed by atoms with Gasteiger partial charge in [0.2, 0.25) is 10.0 Å². The molecule has 0 bridgehead atoms. The van der Waals surface area contributed by atoms with Crippen LogP contribution in [0.4, 0.5) is 0 Å². The Hall–Kier alpha value is -1.47. The highest BCUT2D eigenvalue weighted by Gasteiger charge is 2.19. The highest BCUT2D eigenvalue weighted by Crippen LogP contribution is 2.05. The predicted octanol–water partition coefficient (Wildman–Crippen LogP) is 1.19. The Labute approximate surface area is 119 Å². The van der Waals surface area contributed by atoms with E-state index in [1.165, 1.54) is 0 Å². The number of hydrogen-bond acceptors (Lipinski definition) is 4. The zero-order valence-electron chi connectivity index (χ0n) is 11.4. The van der Waals surface area contributed by atoms with Gasteiger partial charge in [-0.15, -0.1) is 0 Å². The van der Waals surface area contributed by atoms with Crippen LogP contribution < -0.4 is 4.72 Å². The summed E-state index contributed by atoms with van der Waals surface area (Å²) < 4.78 is 26.3. The number of carboxylic acids is 1. The van der Waals surface area contributed by atoms with Gasteiger partial charge in [0.1, 0.15) is 0 Å². The molecule has 0 aliphatic rings. The molecule has 1 unspecified atom stereocenters. The number of hydrogen-bond donors (Lipinski definition) is 2. The van der Waals surface area contributed by atoms with Crippen molar-refractivity contribution in [2.75, 3.05) is 5.75 Å². The number of aliphatic carboxylic acids is 1. The van der Waals surface area contributed by atoms with E-state index in [9.17, 15) is 13.2 Å². The summed E-state index contributed by atoms with van der Waals surface area (Å²) in [6, 6.07) is 4.77. The van der Waals surface area contributed by atoms with E-state index in [0.29, 0.717) is 18.5 Å². The molecule has 1 atom stereocenters. The normalized spacial score (nSPS) is 13.1. The Morgan fingerprint density at radius 1 is 1.45 bits per heavy atom. The number of sulfonamides is 1. The molecule has 6 nitrogen and oxygen atoms in total. The van der Waals surface area contributed by atoms with Crippen LogP contribution in [0.1, 0.15) is 31.9 Å². The Bertz CT molecular complexity index is 516. The fraction of sp³-hybridized carbons (Fsp3) is 0.538. The van der Waals surface area contributed by atoms with Crippen molar-refractivity contribution in [3.8, 4) is 0 Å². The number of nitrogens with one attached hydrogen (secondary N) is 1. The highest BCUT2D eigenvalue weighted by atomic mass is 32.2. The lowest BCUT2D eigenvalue weighted by molar-refractivity contribution is -0.137. The molecule has 20 heavy (non-hydrogen) atoms. The first-order valence-electron chi connectivity index (χ1n) is 6.54. The summed E-state index contributed by atoms with van der Waals surface area (Å²) in [4.78, 5) is 14.8. The summed E-state index contributed by atoms with van der Waals surface area (Å²) in [6.45, 7) is 1.89. The second kappa shape index (κ2) is 7.96. The maximum Gasteiger partial charge on any atom is 0.304 e. The standard InChI is InChI=1S/C13H20N2O4S/c1-2-5-12(10-13(16)17)15-20(18,19)9-7-11-6-3-4-8-14-11/h3-4,6,8,12,15H,2,5,7,9-10H2,1H3,(H,16,17). The summed E-state index contributed by atoms with van der Waals surface area (Å²) in [6.07, 6.45) is 2.95. The Kier molecular flexibility index (Phi) is 6.60. The minimum absolute atomic E-state index is 0.0934. The van der Waals surface area contributed by atoms with Crippen molar-refractivity contribution in [3.63, 3.8) is 0 Å². The Balaban J connectivity index is 2.56. The van der Waals surface area contributed by atoms with Crippen LogP contribution in [0.5, 0.6) is 0 Å². The topological polar surface area (TPSA) is 96.4 Å². The summed E-state index contributed by atoms with van der Waals surface area (Å²) in [7, 11) is -3.50. The van der Waals surface area contributed by atoms with Crippen molar-refractivity contribution in [2.24, 2.45) is 0 Å². The third-order valence-corrected chi connectivity index (χ3v) is 4.19. The first-order chi connectivity index (χ1) is 9.43. The van der Waals surface area contributed by atoms with Gasteiger partial charge in [0.25, 0.3) is 0 Å². The van der Waals surface area contributed by atoms with Crippen molar-refractivity contribution in [1.82, 2.24) is 9.71 Å². The lowest BCUT2D eigenvalue weighted by atomic mass is 10.1. The molecule has 7 heteroatoms. The number of pyridine rings is 1. The molecule has 0 aliphatic heterocycles. The average molecular weight is 300 g/mol. The van der Waals surface area contributed by atoms with Gasteiger partial charge in [0.05, 0.1) is 12.2 Å². The summed E-state index contributed by atoms with van der Waals surface area (Å²) >= 11 is 0. The lowest BCUT2D eigenvalue weighted by Gasteiger charge is -2.16. The van der Waals surface area contributed by atoms with Crippen LogP contribution in [0.15, 0.2) is 24.4 Å². The highest BCUT2D eigenvalue weighted by molar-refractivity contribution is 7.89. The Morgan fingerprint density at radius 2 is 2.20 bits per heavy atom. The molecule has 1 rings (SSSR count). The minimum Gasteiger partial charge on any atom is -0.481 e. The van der Waals surface area contributed by atoms with Gasteiger partial charge in [-0.3, -0.25) is 9.78 Å². The molecule has 1 aromatic heterocycles. The SMILES string of the molecule is CCCC(CC(=O)O)NS(=O)(=O)CCc1ccccn1. The second-order valence-corrected chi connectivity index (χ2v) is 6.46. The molecule has 1 heterocycles. The van der Waals surface area contributed by atoms with E-state index in [1.807, 2.05) is 6.92 Å². The van der Waals surface area contributed by atoms with Crippen LogP contribution in [0.3, 0.4) is 0 Å². The minimum atomic E-state index is -3.50. The molecule has 2 N–H and O–H groups in total. The molecule has 0 saturated heterocycles. The van der Waals surface area contributed by atoms with Gasteiger partial charge in [0, 0.05) is 24.4 Å². The first kappa shape index (κ1) is 16.6. The van der Waals surface area contributed by atoms with E-state index in [-0.39, 0.29) is 12.2 Å². The molecule has 0 saturated carbocycles. The van der Waals surface area contributed by atoms with Gasteiger partial charge >= 0.3 is 5.97 Å². The van der Waals surface area contributed by atoms with Gasteiger partial charge in [-0.2, -0.15) is 0 Å².